The smallest absolute Gasteiger partial charge is 0.243 e. The van der Waals surface area contributed by atoms with Crippen LogP contribution in [0.4, 0.5) is 0 Å². The van der Waals surface area contributed by atoms with E-state index in [1.165, 1.54) is 10.5 Å². The Morgan fingerprint density at radius 3 is 2.81 bits per heavy atom. The maximum Gasteiger partial charge on any atom is 0.243 e. The minimum Gasteiger partial charge on any atom is -0.496 e. The third-order valence-corrected chi connectivity index (χ3v) is 6.12. The fourth-order valence-electron chi connectivity index (χ4n) is 2.89. The van der Waals surface area contributed by atoms with Gasteiger partial charge in [0.05, 0.1) is 30.2 Å². The minimum absolute atomic E-state index is 0.237. The molecule has 26 heavy (non-hydrogen) atoms. The number of nitriles is 1. The van der Waals surface area contributed by atoms with E-state index >= 15 is 0 Å². The molecule has 1 aliphatic rings. The van der Waals surface area contributed by atoms with Crippen LogP contribution < -0.4 is 9.47 Å². The van der Waals surface area contributed by atoms with E-state index in [0.717, 1.165) is 5.56 Å². The first-order valence-electron chi connectivity index (χ1n) is 8.11. The van der Waals surface area contributed by atoms with E-state index in [1.54, 1.807) is 37.4 Å². The van der Waals surface area contributed by atoms with Gasteiger partial charge in [0.1, 0.15) is 11.9 Å². The van der Waals surface area contributed by atoms with Crippen LogP contribution in [0.3, 0.4) is 0 Å². The highest BCUT2D eigenvalue weighted by molar-refractivity contribution is 7.89. The quantitative estimate of drug-likeness (QED) is 0.797. The number of benzene rings is 1. The number of aromatic nitrogens is 1. The van der Waals surface area contributed by atoms with Gasteiger partial charge in [0.25, 0.3) is 0 Å². The van der Waals surface area contributed by atoms with Crippen LogP contribution in [0.5, 0.6) is 11.6 Å². The number of pyridine rings is 1. The van der Waals surface area contributed by atoms with Crippen molar-refractivity contribution in [1.82, 2.24) is 9.29 Å². The Bertz CT molecular complexity index is 953. The summed E-state index contributed by atoms with van der Waals surface area (Å²) >= 11 is 0. The van der Waals surface area contributed by atoms with E-state index < -0.39 is 10.0 Å². The number of rotatable bonds is 5. The van der Waals surface area contributed by atoms with Crippen molar-refractivity contribution in [3.8, 4) is 17.7 Å². The topological polar surface area (TPSA) is 92.5 Å². The highest BCUT2D eigenvalue weighted by atomic mass is 32.2. The average molecular weight is 373 g/mol. The Labute approximate surface area is 152 Å². The molecule has 1 atom stereocenters. The molecule has 0 radical (unpaired) electrons. The third kappa shape index (κ3) is 3.64. The van der Waals surface area contributed by atoms with Crippen LogP contribution in [0.1, 0.15) is 17.5 Å². The van der Waals surface area contributed by atoms with Crippen LogP contribution in [0, 0.1) is 18.3 Å². The first kappa shape index (κ1) is 18.2. The van der Waals surface area contributed by atoms with Crippen molar-refractivity contribution in [2.75, 3.05) is 20.2 Å². The van der Waals surface area contributed by atoms with Crippen molar-refractivity contribution < 1.29 is 17.9 Å². The van der Waals surface area contributed by atoms with Crippen LogP contribution in [0.2, 0.25) is 0 Å². The predicted molar refractivity (Wildman–Crippen MR) is 94.5 cm³/mol. The van der Waals surface area contributed by atoms with Gasteiger partial charge in [-0.2, -0.15) is 9.57 Å². The molecule has 0 bridgehead atoms. The van der Waals surface area contributed by atoms with Gasteiger partial charge in [-0.3, -0.25) is 0 Å². The maximum atomic E-state index is 12.9. The molecule has 2 aromatic rings. The van der Waals surface area contributed by atoms with Gasteiger partial charge in [0.2, 0.25) is 15.9 Å². The van der Waals surface area contributed by atoms with Crippen molar-refractivity contribution in [2.24, 2.45) is 0 Å². The average Bonchev–Trinajstić information content (AvgIpc) is 3.11. The van der Waals surface area contributed by atoms with Crippen molar-refractivity contribution in [2.45, 2.75) is 24.3 Å². The lowest BCUT2D eigenvalue weighted by Crippen LogP contribution is -2.31. The van der Waals surface area contributed by atoms with Gasteiger partial charge in [-0.25, -0.2) is 13.4 Å². The Kier molecular flexibility index (Phi) is 5.11. The Morgan fingerprint density at radius 2 is 2.12 bits per heavy atom. The molecule has 0 spiro atoms. The van der Waals surface area contributed by atoms with Crippen LogP contribution >= 0.6 is 0 Å². The summed E-state index contributed by atoms with van der Waals surface area (Å²) in [6.45, 7) is 2.42. The molecular weight excluding hydrogens is 354 g/mol. The van der Waals surface area contributed by atoms with Crippen molar-refractivity contribution in [3.05, 3.63) is 47.7 Å². The van der Waals surface area contributed by atoms with Gasteiger partial charge in [0.15, 0.2) is 0 Å². The van der Waals surface area contributed by atoms with E-state index in [0.29, 0.717) is 30.2 Å². The van der Waals surface area contributed by atoms with Gasteiger partial charge in [0, 0.05) is 18.8 Å². The summed E-state index contributed by atoms with van der Waals surface area (Å²) in [6, 6.07) is 9.97. The summed E-state index contributed by atoms with van der Waals surface area (Å²) in [5.41, 5.74) is 1.21. The highest BCUT2D eigenvalue weighted by Gasteiger charge is 2.34. The number of aryl methyl sites for hydroxylation is 1. The summed E-state index contributed by atoms with van der Waals surface area (Å²) in [7, 11) is -2.05. The van der Waals surface area contributed by atoms with Crippen LogP contribution in [0.15, 0.2) is 41.4 Å². The number of hydrogen-bond acceptors (Lipinski definition) is 6. The molecular formula is C18H19N3O4S. The molecule has 1 aliphatic heterocycles. The molecule has 136 valence electrons. The molecule has 0 saturated carbocycles. The number of hydrogen-bond donors (Lipinski definition) is 0. The summed E-state index contributed by atoms with van der Waals surface area (Å²) in [5, 5.41) is 8.93. The molecule has 0 N–H and O–H groups in total. The van der Waals surface area contributed by atoms with E-state index in [2.05, 4.69) is 4.98 Å². The molecule has 7 nitrogen and oxygen atoms in total. The Morgan fingerprint density at radius 1 is 1.31 bits per heavy atom. The van der Waals surface area contributed by atoms with Crippen LogP contribution in [0.25, 0.3) is 0 Å². The fourth-order valence-corrected chi connectivity index (χ4v) is 4.46. The molecule has 1 aromatic heterocycles. The second-order valence-corrected chi connectivity index (χ2v) is 7.96. The van der Waals surface area contributed by atoms with Crippen LogP contribution in [-0.2, 0) is 10.0 Å². The van der Waals surface area contributed by atoms with Crippen molar-refractivity contribution in [3.63, 3.8) is 0 Å². The first-order chi connectivity index (χ1) is 12.4. The Balaban J connectivity index is 1.73. The predicted octanol–water partition coefficient (Wildman–Crippen LogP) is 2.11. The van der Waals surface area contributed by atoms with Gasteiger partial charge in [-0.05, 0) is 43.2 Å². The number of ether oxygens (including phenoxy) is 2. The zero-order valence-corrected chi connectivity index (χ0v) is 15.4. The van der Waals surface area contributed by atoms with Gasteiger partial charge < -0.3 is 9.47 Å². The molecule has 1 fully saturated rings. The molecule has 0 aliphatic carbocycles. The monoisotopic (exact) mass is 373 g/mol. The zero-order chi connectivity index (χ0) is 18.7. The molecule has 1 aromatic carbocycles. The number of nitrogens with zero attached hydrogens (tertiary/aromatic N) is 3. The second-order valence-electron chi connectivity index (χ2n) is 6.02. The SMILES string of the molecule is COc1ccc(S(=O)(=O)N2CCC(Oc3cc(C#N)ccn3)C2)cc1C. The van der Waals surface area contributed by atoms with Gasteiger partial charge in [-0.15, -0.1) is 0 Å². The summed E-state index contributed by atoms with van der Waals surface area (Å²) < 4.78 is 38.1. The van der Waals surface area contributed by atoms with E-state index in [1.807, 2.05) is 13.0 Å². The normalized spacial score (nSPS) is 17.7. The maximum absolute atomic E-state index is 12.9. The van der Waals surface area contributed by atoms with Gasteiger partial charge in [-0.1, -0.05) is 0 Å². The molecule has 2 heterocycles. The fraction of sp³-hybridized carbons (Fsp3) is 0.333. The molecule has 3 rings (SSSR count). The molecule has 0 amide bonds. The van der Waals surface area contributed by atoms with Crippen molar-refractivity contribution >= 4 is 10.0 Å². The summed E-state index contributed by atoms with van der Waals surface area (Å²) in [4.78, 5) is 4.31. The Hall–Kier alpha value is -2.63. The second kappa shape index (κ2) is 7.32. The minimum atomic E-state index is -3.60. The number of sulfonamides is 1. The first-order valence-corrected chi connectivity index (χ1v) is 9.55. The lowest BCUT2D eigenvalue weighted by Gasteiger charge is -2.18. The van der Waals surface area contributed by atoms with Crippen molar-refractivity contribution in [1.29, 1.82) is 5.26 Å². The number of methoxy groups -OCH3 is 1. The summed E-state index contributed by atoms with van der Waals surface area (Å²) in [5.74, 6) is 0.976. The molecule has 1 saturated heterocycles. The lowest BCUT2D eigenvalue weighted by atomic mass is 10.2. The van der Waals surface area contributed by atoms with E-state index in [9.17, 15) is 8.42 Å². The third-order valence-electron chi connectivity index (χ3n) is 4.26. The highest BCUT2D eigenvalue weighted by Crippen LogP contribution is 2.27. The lowest BCUT2D eigenvalue weighted by molar-refractivity contribution is 0.207. The largest absolute Gasteiger partial charge is 0.496 e. The van der Waals surface area contributed by atoms with Gasteiger partial charge >= 0.3 is 0 Å². The van der Waals surface area contributed by atoms with E-state index in [-0.39, 0.29) is 17.5 Å². The van der Waals surface area contributed by atoms with Crippen LogP contribution in [-0.4, -0.2) is 44.0 Å². The van der Waals surface area contributed by atoms with E-state index in [4.69, 9.17) is 14.7 Å². The standard InChI is InChI=1S/C18H19N3O4S/c1-13-9-16(3-4-17(13)24-2)26(22,23)21-8-6-15(12-21)25-18-10-14(11-19)5-7-20-18/h3-5,7,9-10,15H,6,8,12H2,1-2H3. The summed E-state index contributed by atoms with van der Waals surface area (Å²) in [6.07, 6.45) is 1.76. The zero-order valence-electron chi connectivity index (χ0n) is 14.5. The molecule has 8 heteroatoms. The molecule has 1 unspecified atom stereocenters.